The lowest BCUT2D eigenvalue weighted by atomic mass is 10.0. The molecule has 1 fully saturated rings. The number of thioether (sulfide) groups is 1. The Morgan fingerprint density at radius 3 is 2.79 bits per heavy atom. The average molecular weight is 580 g/mol. The lowest BCUT2D eigenvalue weighted by Gasteiger charge is -2.49. The average Bonchev–Trinajstić information content (AvgIpc) is 3.47. The minimum Gasteiger partial charge on any atom is -0.477 e. The number of fused-ring (bicyclic) bond motifs is 1. The highest BCUT2D eigenvalue weighted by atomic mass is 32.2. The number of carboxylic acids is 1. The number of nitrogens with zero attached hydrogens (tertiary/aromatic N) is 6. The molecular formula is C22H27N8O5S3+. The van der Waals surface area contributed by atoms with Gasteiger partial charge in [0.2, 0.25) is 11.5 Å². The molecule has 2 aliphatic rings. The highest BCUT2D eigenvalue weighted by molar-refractivity contribution is 8.00. The van der Waals surface area contributed by atoms with Crippen LogP contribution < -0.4 is 11.1 Å². The van der Waals surface area contributed by atoms with Crippen LogP contribution in [-0.4, -0.2) is 97.2 Å². The van der Waals surface area contributed by atoms with Crippen LogP contribution in [0.25, 0.3) is 0 Å². The summed E-state index contributed by atoms with van der Waals surface area (Å²) in [7, 11) is 5.44. The number of nitrogen functional groups attached to an aromatic ring is 1. The molecular weight excluding hydrogens is 552 g/mol. The number of β-lactam (4-membered cyclic amide) rings is 1. The van der Waals surface area contributed by atoms with Crippen LogP contribution in [0.5, 0.6) is 0 Å². The molecule has 2 aromatic heterocycles. The standard InChI is InChI=1S/C22H26N8O5S3/c1-11-13(37-10-24-11)8-30(2,3)7-5-6-12-9-36-20-15(19(32)29(20)16(12)21(33)34)25-18(31)14(27-35-4)17-26-22(23)38-28-17/h5-6,10,15,20H,7-9H2,1-4H3,(H3-,23,25,26,28,31,33,34)/p+1/b6-5+,27-14-/t15-,20-/m1/s1. The molecule has 4 N–H and O–H groups in total. The van der Waals surface area contributed by atoms with E-state index in [1.54, 1.807) is 17.4 Å². The molecule has 38 heavy (non-hydrogen) atoms. The van der Waals surface area contributed by atoms with Gasteiger partial charge in [0.05, 0.1) is 36.7 Å². The fraction of sp³-hybridized carbons (Fsp3) is 0.409. The molecule has 2 atom stereocenters. The van der Waals surface area contributed by atoms with Crippen molar-refractivity contribution in [2.45, 2.75) is 24.9 Å². The molecule has 16 heteroatoms. The predicted molar refractivity (Wildman–Crippen MR) is 144 cm³/mol. The summed E-state index contributed by atoms with van der Waals surface area (Å²) in [6.45, 7) is 3.44. The normalized spacial score (nSPS) is 19.9. The van der Waals surface area contributed by atoms with Gasteiger partial charge in [-0.3, -0.25) is 14.5 Å². The van der Waals surface area contributed by atoms with Crippen molar-refractivity contribution in [3.63, 3.8) is 0 Å². The maximum atomic E-state index is 13.0. The number of aliphatic carboxylic acids is 1. The number of carbonyl (C=O) groups is 3. The minimum atomic E-state index is -1.20. The Bertz CT molecular complexity index is 1350. The number of aromatic nitrogens is 3. The highest BCUT2D eigenvalue weighted by Gasteiger charge is 2.54. The number of hydrogen-bond donors (Lipinski definition) is 3. The molecule has 0 aliphatic carbocycles. The van der Waals surface area contributed by atoms with Gasteiger partial charge in [0.1, 0.15) is 30.8 Å². The number of hydrogen-bond acceptors (Lipinski definition) is 12. The summed E-state index contributed by atoms with van der Waals surface area (Å²) < 4.78 is 4.62. The van der Waals surface area contributed by atoms with Crippen molar-refractivity contribution in [3.05, 3.63) is 45.3 Å². The maximum Gasteiger partial charge on any atom is 0.352 e. The van der Waals surface area contributed by atoms with Gasteiger partial charge in [0.25, 0.3) is 11.8 Å². The van der Waals surface area contributed by atoms with Crippen LogP contribution in [0.1, 0.15) is 16.4 Å². The van der Waals surface area contributed by atoms with Crippen LogP contribution in [-0.2, 0) is 25.8 Å². The second-order valence-corrected chi connectivity index (χ2v) is 12.0. The lowest BCUT2D eigenvalue weighted by Crippen LogP contribution is -2.71. The number of rotatable bonds is 10. The predicted octanol–water partition coefficient (Wildman–Crippen LogP) is 0.807. The first kappa shape index (κ1) is 27.7. The number of nitrogens with two attached hydrogens (primary N) is 1. The summed E-state index contributed by atoms with van der Waals surface area (Å²) in [5.41, 5.74) is 8.66. The minimum absolute atomic E-state index is 0.0304. The SMILES string of the molecule is CO/N=C(\C(=O)N[C@@H]1C(=O)N2C(C(=O)O)=C(/C=C/C[N+](C)(C)Cc3scnc3C)CS[C@H]12)c1nsc(N)n1. The maximum absolute atomic E-state index is 13.0. The number of quaternary nitrogens is 1. The molecule has 13 nitrogen and oxygen atoms in total. The van der Waals surface area contributed by atoms with Crippen molar-refractivity contribution in [2.75, 3.05) is 39.2 Å². The van der Waals surface area contributed by atoms with Gasteiger partial charge in [-0.2, -0.15) is 9.36 Å². The summed E-state index contributed by atoms with van der Waals surface area (Å²) in [4.78, 5) is 53.4. The van der Waals surface area contributed by atoms with Crippen molar-refractivity contribution in [2.24, 2.45) is 5.16 Å². The van der Waals surface area contributed by atoms with E-state index in [9.17, 15) is 19.5 Å². The molecule has 0 bridgehead atoms. The van der Waals surface area contributed by atoms with E-state index in [0.717, 1.165) is 23.8 Å². The zero-order valence-electron chi connectivity index (χ0n) is 21.1. The molecule has 0 spiro atoms. The zero-order valence-corrected chi connectivity index (χ0v) is 23.5. The van der Waals surface area contributed by atoms with Crippen molar-refractivity contribution >= 4 is 63.3 Å². The number of amides is 2. The van der Waals surface area contributed by atoms with Gasteiger partial charge in [-0.1, -0.05) is 11.2 Å². The topological polar surface area (TPSA) is 173 Å². The number of carbonyl (C=O) groups excluding carboxylic acids is 2. The number of carboxylic acid groups (broad SMARTS) is 1. The largest absolute Gasteiger partial charge is 0.477 e. The molecule has 0 aromatic carbocycles. The third-order valence-corrected chi connectivity index (χ3v) is 8.64. The lowest BCUT2D eigenvalue weighted by molar-refractivity contribution is -0.897. The smallest absolute Gasteiger partial charge is 0.352 e. The first-order valence-electron chi connectivity index (χ1n) is 11.3. The van der Waals surface area contributed by atoms with Crippen molar-refractivity contribution < 1.29 is 28.8 Å². The van der Waals surface area contributed by atoms with Gasteiger partial charge >= 0.3 is 5.97 Å². The van der Waals surface area contributed by atoms with Crippen LogP contribution >= 0.6 is 34.6 Å². The Labute approximate surface area is 230 Å². The van der Waals surface area contributed by atoms with Gasteiger partial charge in [0.15, 0.2) is 5.13 Å². The number of thiazole rings is 1. The zero-order chi connectivity index (χ0) is 27.6. The fourth-order valence-corrected chi connectivity index (χ4v) is 6.74. The quantitative estimate of drug-likeness (QED) is 0.158. The van der Waals surface area contributed by atoms with E-state index in [1.165, 1.54) is 28.6 Å². The van der Waals surface area contributed by atoms with E-state index in [0.29, 0.717) is 22.4 Å². The van der Waals surface area contributed by atoms with Crippen molar-refractivity contribution in [1.29, 1.82) is 0 Å². The molecule has 0 radical (unpaired) electrons. The Morgan fingerprint density at radius 1 is 1.42 bits per heavy atom. The third-order valence-electron chi connectivity index (χ3n) is 5.87. The van der Waals surface area contributed by atoms with Gasteiger partial charge in [0, 0.05) is 17.3 Å². The van der Waals surface area contributed by atoms with Crippen LogP contribution in [0.2, 0.25) is 0 Å². The number of aryl methyl sites for hydroxylation is 1. The molecule has 0 unspecified atom stereocenters. The highest BCUT2D eigenvalue weighted by Crippen LogP contribution is 2.40. The molecule has 2 aromatic rings. The fourth-order valence-electron chi connectivity index (χ4n) is 4.00. The molecule has 2 amide bonds. The first-order chi connectivity index (χ1) is 18.0. The summed E-state index contributed by atoms with van der Waals surface area (Å²) >= 11 is 3.87. The van der Waals surface area contributed by atoms with Gasteiger partial charge in [-0.25, -0.2) is 9.78 Å². The van der Waals surface area contributed by atoms with E-state index in [4.69, 9.17) is 10.6 Å². The second kappa shape index (κ2) is 11.2. The molecule has 202 valence electrons. The Hall–Kier alpha value is -3.34. The van der Waals surface area contributed by atoms with Crippen molar-refractivity contribution in [1.82, 2.24) is 24.6 Å². The first-order valence-corrected chi connectivity index (χ1v) is 14.0. The third kappa shape index (κ3) is 5.72. The number of oxime groups is 1. The molecule has 1 saturated heterocycles. The van der Waals surface area contributed by atoms with Crippen LogP contribution in [0.3, 0.4) is 0 Å². The monoisotopic (exact) mass is 579 g/mol. The van der Waals surface area contributed by atoms with E-state index in [1.807, 2.05) is 18.5 Å². The molecule has 4 rings (SSSR count). The van der Waals surface area contributed by atoms with E-state index in [-0.39, 0.29) is 22.4 Å². The van der Waals surface area contributed by atoms with Crippen molar-refractivity contribution in [3.8, 4) is 0 Å². The molecule has 4 heterocycles. The summed E-state index contributed by atoms with van der Waals surface area (Å²) in [6, 6.07) is -0.941. The molecule has 0 saturated carbocycles. The number of allylic oxidation sites excluding steroid dienone is 1. The van der Waals surface area contributed by atoms with E-state index >= 15 is 0 Å². The van der Waals surface area contributed by atoms with Crippen LogP contribution in [0, 0.1) is 6.92 Å². The summed E-state index contributed by atoms with van der Waals surface area (Å²) in [5.74, 6) is -2.13. The summed E-state index contributed by atoms with van der Waals surface area (Å²) in [5, 5.41) is 15.8. The number of nitrogens with one attached hydrogen (secondary N) is 1. The van der Waals surface area contributed by atoms with Crippen LogP contribution in [0.15, 0.2) is 34.1 Å². The van der Waals surface area contributed by atoms with E-state index in [2.05, 4.69) is 38.9 Å². The van der Waals surface area contributed by atoms with E-state index < -0.39 is 29.2 Å². The second-order valence-electron chi connectivity index (χ2n) is 9.16. The number of likely N-dealkylation sites (N-methyl/N-ethyl adjacent to an activating group) is 1. The van der Waals surface area contributed by atoms with Gasteiger partial charge in [-0.15, -0.1) is 23.1 Å². The Kier molecular flexibility index (Phi) is 8.15. The van der Waals surface area contributed by atoms with Crippen LogP contribution in [0.4, 0.5) is 5.13 Å². The van der Waals surface area contributed by atoms with Gasteiger partial charge < -0.3 is 25.5 Å². The Balaban J connectivity index is 1.46. The summed E-state index contributed by atoms with van der Waals surface area (Å²) in [6.07, 6.45) is 3.70. The number of anilines is 1. The molecule has 2 aliphatic heterocycles. The Morgan fingerprint density at radius 2 is 2.18 bits per heavy atom. The van der Waals surface area contributed by atoms with Gasteiger partial charge in [-0.05, 0) is 18.6 Å².